The molecule has 0 saturated carbocycles. The van der Waals surface area contributed by atoms with Gasteiger partial charge in [0.25, 0.3) is 10.0 Å². The van der Waals surface area contributed by atoms with Crippen LogP contribution in [0.25, 0.3) is 0 Å². The highest BCUT2D eigenvalue weighted by Gasteiger charge is 2.35. The summed E-state index contributed by atoms with van der Waals surface area (Å²) in [6.07, 6.45) is 1.01. The molecule has 0 radical (unpaired) electrons. The molecular weight excluding hydrogens is 597 g/mol. The molecule has 0 spiro atoms. The molecule has 0 aliphatic heterocycles. The number of halogens is 2. The minimum Gasteiger partial charge on any atom is -0.492 e. The van der Waals surface area contributed by atoms with Crippen molar-refractivity contribution in [2.45, 2.75) is 64.1 Å². The van der Waals surface area contributed by atoms with E-state index in [1.54, 1.807) is 62.4 Å². The molecule has 2 atom stereocenters. The van der Waals surface area contributed by atoms with Crippen LogP contribution in [0.5, 0.6) is 5.75 Å². The van der Waals surface area contributed by atoms with Crippen LogP contribution in [-0.2, 0) is 26.2 Å². The monoisotopic (exact) mass is 633 g/mol. The molecule has 2 unspecified atom stereocenters. The Morgan fingerprint density at radius 2 is 1.55 bits per heavy atom. The average Bonchev–Trinajstić information content (AvgIpc) is 2.97. The van der Waals surface area contributed by atoms with Gasteiger partial charge in [0, 0.05) is 22.6 Å². The number of amides is 2. The number of carbonyl (C=O) groups is 2. The Labute approximate surface area is 258 Å². The number of ether oxygens (including phenoxy) is 1. The zero-order valence-electron chi connectivity index (χ0n) is 24.2. The number of anilines is 1. The number of hydrogen-bond acceptors (Lipinski definition) is 5. The molecule has 0 aliphatic rings. The molecule has 8 nitrogen and oxygen atoms in total. The minimum absolute atomic E-state index is 0.00682. The van der Waals surface area contributed by atoms with Crippen molar-refractivity contribution >= 4 is 50.7 Å². The molecule has 0 aliphatic carbocycles. The third kappa shape index (κ3) is 8.18. The molecule has 0 aromatic heterocycles. The zero-order chi connectivity index (χ0) is 30.9. The van der Waals surface area contributed by atoms with Gasteiger partial charge in [0.15, 0.2) is 0 Å². The number of nitrogens with zero attached hydrogens (tertiary/aromatic N) is 2. The fourth-order valence-corrected chi connectivity index (χ4v) is 6.10. The lowest BCUT2D eigenvalue weighted by Crippen LogP contribution is -2.53. The maximum Gasteiger partial charge on any atom is 0.264 e. The first-order chi connectivity index (χ1) is 20.0. The third-order valence-corrected chi connectivity index (χ3v) is 9.19. The van der Waals surface area contributed by atoms with Crippen molar-refractivity contribution in [3.05, 3.63) is 88.4 Å². The second kappa shape index (κ2) is 15.3. The van der Waals surface area contributed by atoms with Gasteiger partial charge in [-0.15, -0.1) is 0 Å². The summed E-state index contributed by atoms with van der Waals surface area (Å²) in [5.41, 5.74) is 0.821. The van der Waals surface area contributed by atoms with Crippen molar-refractivity contribution < 1.29 is 22.7 Å². The Morgan fingerprint density at radius 1 is 0.905 bits per heavy atom. The van der Waals surface area contributed by atoms with E-state index in [0.29, 0.717) is 34.2 Å². The molecule has 3 rings (SSSR count). The molecule has 1 N–H and O–H groups in total. The lowest BCUT2D eigenvalue weighted by molar-refractivity contribution is -0.140. The van der Waals surface area contributed by atoms with Crippen LogP contribution in [-0.4, -0.2) is 50.4 Å². The SMILES string of the molecule is CCOc1ccccc1N(CC(=O)N(Cc1ccccc1Cl)C(CC)C(=O)NC(C)CC)S(=O)(=O)c1ccc(Cl)cc1. The second-order valence-electron chi connectivity index (χ2n) is 9.72. The zero-order valence-corrected chi connectivity index (χ0v) is 26.5. The Hall–Kier alpha value is -3.27. The molecular formula is C31H37Cl2N3O5S. The Kier molecular flexibility index (Phi) is 12.1. The summed E-state index contributed by atoms with van der Waals surface area (Å²) in [6, 6.07) is 18.4. The molecule has 0 bridgehead atoms. The molecule has 3 aromatic carbocycles. The van der Waals surface area contributed by atoms with E-state index < -0.39 is 28.5 Å². The number of nitrogens with one attached hydrogen (secondary N) is 1. The van der Waals surface area contributed by atoms with Gasteiger partial charge in [0.2, 0.25) is 11.8 Å². The number of para-hydroxylation sites is 2. The summed E-state index contributed by atoms with van der Waals surface area (Å²) in [4.78, 5) is 29.0. The first kappa shape index (κ1) is 33.2. The van der Waals surface area contributed by atoms with Gasteiger partial charge in [0.05, 0.1) is 17.2 Å². The number of rotatable bonds is 14. The predicted molar refractivity (Wildman–Crippen MR) is 168 cm³/mol. The Bertz CT molecular complexity index is 1470. The van der Waals surface area contributed by atoms with Crippen LogP contribution in [0.3, 0.4) is 0 Å². The molecule has 11 heteroatoms. The summed E-state index contributed by atoms with van der Waals surface area (Å²) < 4.78 is 34.9. The quantitative estimate of drug-likeness (QED) is 0.224. The Balaban J connectivity index is 2.12. The standard InChI is InChI=1S/C31H37Cl2N3O5S/c1-5-22(4)34-31(38)27(6-2)35(20-23-12-8-9-13-26(23)33)30(37)21-36(28-14-10-11-15-29(28)41-7-3)42(39,40)25-18-16-24(32)17-19-25/h8-19,22,27H,5-7,20-21H2,1-4H3,(H,34,38). The van der Waals surface area contributed by atoms with E-state index in [-0.39, 0.29) is 35.7 Å². The minimum atomic E-state index is -4.28. The van der Waals surface area contributed by atoms with E-state index in [2.05, 4.69) is 5.32 Å². The number of hydrogen-bond donors (Lipinski definition) is 1. The van der Waals surface area contributed by atoms with Crippen molar-refractivity contribution in [1.29, 1.82) is 0 Å². The molecule has 0 heterocycles. The maximum atomic E-state index is 14.2. The van der Waals surface area contributed by atoms with Crippen LogP contribution >= 0.6 is 23.2 Å². The van der Waals surface area contributed by atoms with E-state index in [1.165, 1.54) is 29.2 Å². The normalized spacial score (nSPS) is 12.7. The first-order valence-electron chi connectivity index (χ1n) is 13.9. The van der Waals surface area contributed by atoms with Gasteiger partial charge in [-0.2, -0.15) is 0 Å². The summed E-state index contributed by atoms with van der Waals surface area (Å²) in [7, 11) is -4.28. The van der Waals surface area contributed by atoms with Crippen LogP contribution in [0.15, 0.2) is 77.7 Å². The van der Waals surface area contributed by atoms with Crippen LogP contribution < -0.4 is 14.4 Å². The summed E-state index contributed by atoms with van der Waals surface area (Å²) in [6.45, 7) is 7.13. The van der Waals surface area contributed by atoms with Crippen molar-refractivity contribution in [2.24, 2.45) is 0 Å². The van der Waals surface area contributed by atoms with Crippen LogP contribution in [0.2, 0.25) is 10.0 Å². The smallest absolute Gasteiger partial charge is 0.264 e. The lowest BCUT2D eigenvalue weighted by Gasteiger charge is -2.34. The van der Waals surface area contributed by atoms with Crippen molar-refractivity contribution in [3.63, 3.8) is 0 Å². The average molecular weight is 635 g/mol. The van der Waals surface area contributed by atoms with Crippen LogP contribution in [0.1, 0.15) is 46.1 Å². The summed E-state index contributed by atoms with van der Waals surface area (Å²) in [5.74, 6) is -0.608. The maximum absolute atomic E-state index is 14.2. The van der Waals surface area contributed by atoms with Gasteiger partial charge >= 0.3 is 0 Å². The highest BCUT2D eigenvalue weighted by Crippen LogP contribution is 2.33. The first-order valence-corrected chi connectivity index (χ1v) is 16.1. The number of benzene rings is 3. The fraction of sp³-hybridized carbons (Fsp3) is 0.355. The largest absolute Gasteiger partial charge is 0.492 e. The molecule has 0 fully saturated rings. The molecule has 3 aromatic rings. The summed E-state index contributed by atoms with van der Waals surface area (Å²) >= 11 is 12.5. The second-order valence-corrected chi connectivity index (χ2v) is 12.4. The van der Waals surface area contributed by atoms with Crippen molar-refractivity contribution in [1.82, 2.24) is 10.2 Å². The van der Waals surface area contributed by atoms with Gasteiger partial charge in [0.1, 0.15) is 18.3 Å². The Morgan fingerprint density at radius 3 is 2.17 bits per heavy atom. The van der Waals surface area contributed by atoms with E-state index in [1.807, 2.05) is 13.8 Å². The van der Waals surface area contributed by atoms with Crippen molar-refractivity contribution in [2.75, 3.05) is 17.5 Å². The van der Waals surface area contributed by atoms with Gasteiger partial charge in [-0.3, -0.25) is 13.9 Å². The summed E-state index contributed by atoms with van der Waals surface area (Å²) in [5, 5.41) is 3.76. The van der Waals surface area contributed by atoms with Crippen molar-refractivity contribution in [3.8, 4) is 5.75 Å². The molecule has 0 saturated heterocycles. The topological polar surface area (TPSA) is 96.0 Å². The highest BCUT2D eigenvalue weighted by atomic mass is 35.5. The van der Waals surface area contributed by atoms with E-state index in [9.17, 15) is 18.0 Å². The lowest BCUT2D eigenvalue weighted by atomic mass is 10.1. The number of carbonyl (C=O) groups excluding carboxylic acids is 2. The van der Waals surface area contributed by atoms with E-state index in [0.717, 1.165) is 4.31 Å². The van der Waals surface area contributed by atoms with Crippen LogP contribution in [0.4, 0.5) is 5.69 Å². The number of sulfonamides is 1. The van der Waals surface area contributed by atoms with Gasteiger partial charge in [-0.1, -0.05) is 67.4 Å². The van der Waals surface area contributed by atoms with E-state index >= 15 is 0 Å². The molecule has 226 valence electrons. The van der Waals surface area contributed by atoms with Gasteiger partial charge in [-0.05, 0) is 74.7 Å². The van der Waals surface area contributed by atoms with E-state index in [4.69, 9.17) is 27.9 Å². The highest BCUT2D eigenvalue weighted by molar-refractivity contribution is 7.92. The molecule has 42 heavy (non-hydrogen) atoms. The van der Waals surface area contributed by atoms with Gasteiger partial charge in [-0.25, -0.2) is 8.42 Å². The van der Waals surface area contributed by atoms with Gasteiger partial charge < -0.3 is 15.0 Å². The predicted octanol–water partition coefficient (Wildman–Crippen LogP) is 6.31. The third-order valence-electron chi connectivity index (χ3n) is 6.80. The fourth-order valence-electron chi connectivity index (χ4n) is 4.36. The van der Waals surface area contributed by atoms with Crippen LogP contribution in [0, 0.1) is 0 Å². The molecule has 2 amide bonds.